The summed E-state index contributed by atoms with van der Waals surface area (Å²) in [4.78, 5) is 22.5. The van der Waals surface area contributed by atoms with Gasteiger partial charge in [-0.1, -0.05) is 31.5 Å². The quantitative estimate of drug-likeness (QED) is 0.790. The number of carboxylic acids is 1. The highest BCUT2D eigenvalue weighted by atomic mass is 16.4. The van der Waals surface area contributed by atoms with E-state index in [0.29, 0.717) is 18.4 Å². The fraction of sp³-hybridized carbons (Fsp3) is 0.250. The van der Waals surface area contributed by atoms with Crippen LogP contribution in [0.15, 0.2) is 30.3 Å². The monoisotopic (exact) mass is 220 g/mol. The van der Waals surface area contributed by atoms with Crippen molar-refractivity contribution in [1.82, 2.24) is 5.32 Å². The van der Waals surface area contributed by atoms with E-state index in [1.54, 1.807) is 30.3 Å². The molecule has 4 heteroatoms. The molecular formula is C12H14NO3. The maximum atomic E-state index is 11.6. The van der Waals surface area contributed by atoms with Gasteiger partial charge in [0.2, 0.25) is 0 Å². The van der Waals surface area contributed by atoms with Crippen LogP contribution < -0.4 is 5.32 Å². The standard InChI is InChI=1S/C12H14NO3/c1-2-6-10(12(15)16)13-11(14)9-7-4-3-5-8-9/h3-5,7-8,10H,1-2,6H2,(H,13,14)(H,15,16). The summed E-state index contributed by atoms with van der Waals surface area (Å²) in [5, 5.41) is 11.3. The predicted octanol–water partition coefficient (Wildman–Crippen LogP) is 1.48. The van der Waals surface area contributed by atoms with Gasteiger partial charge in [0.15, 0.2) is 0 Å². The third kappa shape index (κ3) is 3.38. The van der Waals surface area contributed by atoms with Crippen LogP contribution in [0, 0.1) is 6.92 Å². The number of hydrogen-bond donors (Lipinski definition) is 2. The second-order valence-corrected chi connectivity index (χ2v) is 3.37. The Bertz CT molecular complexity index is 362. The normalized spacial score (nSPS) is 11.8. The number of rotatable bonds is 5. The van der Waals surface area contributed by atoms with Gasteiger partial charge >= 0.3 is 5.97 Å². The third-order valence-electron chi connectivity index (χ3n) is 2.13. The summed E-state index contributed by atoms with van der Waals surface area (Å²) >= 11 is 0. The number of hydrogen-bond acceptors (Lipinski definition) is 2. The molecule has 0 fully saturated rings. The van der Waals surface area contributed by atoms with Gasteiger partial charge in [-0.3, -0.25) is 4.79 Å². The first-order valence-corrected chi connectivity index (χ1v) is 5.03. The molecule has 1 radical (unpaired) electrons. The summed E-state index contributed by atoms with van der Waals surface area (Å²) < 4.78 is 0. The number of aliphatic carboxylic acids is 1. The number of amides is 1. The van der Waals surface area contributed by atoms with E-state index in [2.05, 4.69) is 12.2 Å². The molecule has 0 aromatic heterocycles. The van der Waals surface area contributed by atoms with Crippen molar-refractivity contribution in [2.75, 3.05) is 0 Å². The van der Waals surface area contributed by atoms with E-state index < -0.39 is 12.0 Å². The van der Waals surface area contributed by atoms with Crippen molar-refractivity contribution in [3.05, 3.63) is 42.8 Å². The minimum Gasteiger partial charge on any atom is -0.480 e. The first kappa shape index (κ1) is 12.2. The molecule has 1 unspecified atom stereocenters. The zero-order valence-corrected chi connectivity index (χ0v) is 8.85. The van der Waals surface area contributed by atoms with Gasteiger partial charge in [-0.05, 0) is 18.6 Å². The molecule has 0 bridgehead atoms. The molecule has 85 valence electrons. The number of carboxylic acid groups (broad SMARTS) is 1. The van der Waals surface area contributed by atoms with Crippen molar-refractivity contribution < 1.29 is 14.7 Å². The Balaban J connectivity index is 2.65. The molecule has 2 N–H and O–H groups in total. The van der Waals surface area contributed by atoms with Crippen LogP contribution >= 0.6 is 0 Å². The minimum atomic E-state index is -1.03. The SMILES string of the molecule is [CH2]CCC(NC(=O)c1ccccc1)C(=O)O. The number of carbonyl (C=O) groups is 2. The highest BCUT2D eigenvalue weighted by Crippen LogP contribution is 2.02. The Kier molecular flexibility index (Phi) is 4.51. The Hall–Kier alpha value is -1.84. The first-order chi connectivity index (χ1) is 7.65. The molecule has 4 nitrogen and oxygen atoms in total. The van der Waals surface area contributed by atoms with E-state index in [-0.39, 0.29) is 5.91 Å². The Labute approximate surface area is 94.3 Å². The van der Waals surface area contributed by atoms with E-state index >= 15 is 0 Å². The van der Waals surface area contributed by atoms with E-state index in [0.717, 1.165) is 0 Å². The van der Waals surface area contributed by atoms with Gasteiger partial charge in [0, 0.05) is 5.56 Å². The maximum absolute atomic E-state index is 11.6. The summed E-state index contributed by atoms with van der Waals surface area (Å²) in [6, 6.07) is 7.65. The lowest BCUT2D eigenvalue weighted by Crippen LogP contribution is -2.40. The van der Waals surface area contributed by atoms with Crippen molar-refractivity contribution in [3.8, 4) is 0 Å². The Morgan fingerprint density at radius 3 is 2.44 bits per heavy atom. The topological polar surface area (TPSA) is 66.4 Å². The molecule has 0 saturated carbocycles. The number of nitrogens with one attached hydrogen (secondary N) is 1. The predicted molar refractivity (Wildman–Crippen MR) is 59.9 cm³/mol. The van der Waals surface area contributed by atoms with Gasteiger partial charge in [-0.25, -0.2) is 4.79 Å². The van der Waals surface area contributed by atoms with E-state index in [1.165, 1.54) is 0 Å². The van der Waals surface area contributed by atoms with Crippen molar-refractivity contribution in [2.45, 2.75) is 18.9 Å². The number of carbonyl (C=O) groups excluding carboxylic acids is 1. The van der Waals surface area contributed by atoms with E-state index in [9.17, 15) is 9.59 Å². The van der Waals surface area contributed by atoms with Crippen LogP contribution in [0.5, 0.6) is 0 Å². The summed E-state index contributed by atoms with van der Waals surface area (Å²) in [5.74, 6) is -1.41. The molecule has 0 aliphatic rings. The van der Waals surface area contributed by atoms with Gasteiger partial charge in [0.25, 0.3) is 5.91 Å². The molecule has 1 amide bonds. The molecular weight excluding hydrogens is 206 g/mol. The second kappa shape index (κ2) is 5.90. The van der Waals surface area contributed by atoms with E-state index in [4.69, 9.17) is 5.11 Å². The smallest absolute Gasteiger partial charge is 0.326 e. The lowest BCUT2D eigenvalue weighted by molar-refractivity contribution is -0.139. The summed E-state index contributed by atoms with van der Waals surface area (Å²) in [7, 11) is 0. The van der Waals surface area contributed by atoms with Crippen LogP contribution in [0.3, 0.4) is 0 Å². The van der Waals surface area contributed by atoms with Crippen LogP contribution in [-0.4, -0.2) is 23.0 Å². The average Bonchev–Trinajstić information content (AvgIpc) is 2.29. The molecule has 1 aromatic carbocycles. The van der Waals surface area contributed by atoms with Gasteiger partial charge < -0.3 is 10.4 Å². The van der Waals surface area contributed by atoms with Gasteiger partial charge in [0.1, 0.15) is 6.04 Å². The molecule has 0 heterocycles. The van der Waals surface area contributed by atoms with Crippen molar-refractivity contribution in [3.63, 3.8) is 0 Å². The molecule has 16 heavy (non-hydrogen) atoms. The number of benzene rings is 1. The maximum Gasteiger partial charge on any atom is 0.326 e. The largest absolute Gasteiger partial charge is 0.480 e. The fourth-order valence-electron chi connectivity index (χ4n) is 1.29. The summed E-state index contributed by atoms with van der Waals surface area (Å²) in [5.41, 5.74) is 0.456. The molecule has 0 saturated heterocycles. The lowest BCUT2D eigenvalue weighted by Gasteiger charge is -2.13. The summed E-state index contributed by atoms with van der Waals surface area (Å²) in [6.45, 7) is 3.57. The van der Waals surface area contributed by atoms with Crippen LogP contribution in [0.1, 0.15) is 23.2 Å². The van der Waals surface area contributed by atoms with Crippen LogP contribution in [0.2, 0.25) is 0 Å². The highest BCUT2D eigenvalue weighted by Gasteiger charge is 2.19. The van der Waals surface area contributed by atoms with Crippen molar-refractivity contribution in [1.29, 1.82) is 0 Å². The molecule has 1 atom stereocenters. The average molecular weight is 220 g/mol. The Morgan fingerprint density at radius 2 is 1.94 bits per heavy atom. The van der Waals surface area contributed by atoms with Crippen LogP contribution in [0.25, 0.3) is 0 Å². The third-order valence-corrected chi connectivity index (χ3v) is 2.13. The molecule has 1 aromatic rings. The first-order valence-electron chi connectivity index (χ1n) is 5.03. The van der Waals surface area contributed by atoms with Crippen LogP contribution in [0.4, 0.5) is 0 Å². The second-order valence-electron chi connectivity index (χ2n) is 3.37. The Morgan fingerprint density at radius 1 is 1.31 bits per heavy atom. The molecule has 0 spiro atoms. The molecule has 0 aliphatic heterocycles. The fourth-order valence-corrected chi connectivity index (χ4v) is 1.29. The van der Waals surface area contributed by atoms with Crippen molar-refractivity contribution >= 4 is 11.9 Å². The van der Waals surface area contributed by atoms with Crippen molar-refractivity contribution in [2.24, 2.45) is 0 Å². The minimum absolute atomic E-state index is 0.327. The lowest BCUT2D eigenvalue weighted by atomic mass is 10.1. The highest BCUT2D eigenvalue weighted by molar-refractivity contribution is 5.96. The summed E-state index contributed by atoms with van der Waals surface area (Å²) in [6.07, 6.45) is 0.792. The van der Waals surface area contributed by atoms with E-state index in [1.807, 2.05) is 0 Å². The molecule has 1 rings (SSSR count). The zero-order chi connectivity index (χ0) is 12.0. The molecule has 0 aliphatic carbocycles. The van der Waals surface area contributed by atoms with Gasteiger partial charge in [-0.15, -0.1) is 0 Å². The van der Waals surface area contributed by atoms with Gasteiger partial charge in [0.05, 0.1) is 0 Å². The van der Waals surface area contributed by atoms with Gasteiger partial charge in [-0.2, -0.15) is 0 Å². The van der Waals surface area contributed by atoms with Crippen LogP contribution in [-0.2, 0) is 4.79 Å². The zero-order valence-electron chi connectivity index (χ0n) is 8.85.